The molecule has 0 saturated heterocycles. The number of methoxy groups -OCH3 is 1. The molecule has 2 heterocycles. The number of rotatable bonds is 5. The first kappa shape index (κ1) is 14.3. The zero-order valence-electron chi connectivity index (χ0n) is 12.1. The van der Waals surface area contributed by atoms with Crippen molar-refractivity contribution in [2.75, 3.05) is 26.1 Å². The van der Waals surface area contributed by atoms with E-state index in [4.69, 9.17) is 4.74 Å². The number of aromatic nitrogens is 4. The number of imidazole rings is 1. The average Bonchev–Trinajstić information content (AvgIpc) is 2.83. The van der Waals surface area contributed by atoms with Crippen molar-refractivity contribution in [2.45, 2.75) is 20.0 Å². The van der Waals surface area contributed by atoms with E-state index in [0.29, 0.717) is 36.8 Å². The zero-order valence-corrected chi connectivity index (χ0v) is 12.1. The molecule has 0 atom stereocenters. The molecule has 0 aliphatic heterocycles. The SMILES string of the molecule is CCn1c(NC)nc2c1c(=O)n(C)c(=O)n2CCOC. The Morgan fingerprint density at radius 2 is 2.00 bits per heavy atom. The van der Waals surface area contributed by atoms with Gasteiger partial charge in [-0.05, 0) is 6.92 Å². The molecule has 0 aliphatic carbocycles. The molecule has 0 fully saturated rings. The number of ether oxygens (including phenoxy) is 1. The summed E-state index contributed by atoms with van der Waals surface area (Å²) in [6.07, 6.45) is 0. The van der Waals surface area contributed by atoms with Gasteiger partial charge >= 0.3 is 5.69 Å². The van der Waals surface area contributed by atoms with Crippen LogP contribution >= 0.6 is 0 Å². The Balaban J connectivity index is 2.89. The van der Waals surface area contributed by atoms with E-state index in [1.165, 1.54) is 11.6 Å². The van der Waals surface area contributed by atoms with Crippen LogP contribution in [0.1, 0.15) is 6.92 Å². The first-order valence-electron chi connectivity index (χ1n) is 6.43. The molecule has 0 spiro atoms. The number of aryl methyl sites for hydroxylation is 1. The van der Waals surface area contributed by atoms with E-state index in [0.717, 1.165) is 4.57 Å². The molecule has 8 nitrogen and oxygen atoms in total. The molecule has 0 aliphatic rings. The lowest BCUT2D eigenvalue weighted by atomic mass is 10.4. The summed E-state index contributed by atoms with van der Waals surface area (Å²) in [5, 5.41) is 2.94. The highest BCUT2D eigenvalue weighted by Gasteiger charge is 2.18. The molecule has 2 aromatic heterocycles. The van der Waals surface area contributed by atoms with Gasteiger partial charge in [-0.25, -0.2) is 4.79 Å². The molecule has 0 aromatic carbocycles. The number of nitrogens with zero attached hydrogens (tertiary/aromatic N) is 4. The predicted molar refractivity (Wildman–Crippen MR) is 76.3 cm³/mol. The van der Waals surface area contributed by atoms with E-state index in [1.54, 1.807) is 18.7 Å². The highest BCUT2D eigenvalue weighted by molar-refractivity contribution is 5.74. The first-order valence-corrected chi connectivity index (χ1v) is 6.43. The fourth-order valence-corrected chi connectivity index (χ4v) is 2.24. The summed E-state index contributed by atoms with van der Waals surface area (Å²) >= 11 is 0. The maximum Gasteiger partial charge on any atom is 0.332 e. The smallest absolute Gasteiger partial charge is 0.332 e. The highest BCUT2D eigenvalue weighted by atomic mass is 16.5. The van der Waals surface area contributed by atoms with Gasteiger partial charge in [0.05, 0.1) is 13.2 Å². The van der Waals surface area contributed by atoms with Crippen molar-refractivity contribution in [3.63, 3.8) is 0 Å². The Bertz CT molecular complexity index is 740. The van der Waals surface area contributed by atoms with Crippen molar-refractivity contribution in [3.05, 3.63) is 20.8 Å². The van der Waals surface area contributed by atoms with Gasteiger partial charge in [0.15, 0.2) is 11.2 Å². The standard InChI is InChI=1S/C12H19N5O3/c1-5-16-8-9(14-11(16)13-2)17(6-7-20-4)12(19)15(3)10(8)18/h5-7H2,1-4H3,(H,13,14). The lowest BCUT2D eigenvalue weighted by Crippen LogP contribution is -2.39. The van der Waals surface area contributed by atoms with Gasteiger partial charge < -0.3 is 14.6 Å². The second kappa shape index (κ2) is 5.49. The largest absolute Gasteiger partial charge is 0.383 e. The lowest BCUT2D eigenvalue weighted by molar-refractivity contribution is 0.186. The number of hydrogen-bond donors (Lipinski definition) is 1. The Hall–Kier alpha value is -2.09. The maximum absolute atomic E-state index is 12.3. The van der Waals surface area contributed by atoms with Gasteiger partial charge in [-0.15, -0.1) is 0 Å². The zero-order chi connectivity index (χ0) is 14.9. The van der Waals surface area contributed by atoms with E-state index in [2.05, 4.69) is 10.3 Å². The molecular weight excluding hydrogens is 262 g/mol. The summed E-state index contributed by atoms with van der Waals surface area (Å²) < 4.78 is 9.34. The van der Waals surface area contributed by atoms with Crippen LogP contribution in [0.4, 0.5) is 5.95 Å². The molecule has 0 radical (unpaired) electrons. The van der Waals surface area contributed by atoms with Gasteiger partial charge in [0, 0.05) is 27.7 Å². The van der Waals surface area contributed by atoms with Gasteiger partial charge in [-0.2, -0.15) is 4.98 Å². The molecule has 0 bridgehead atoms. The van der Waals surface area contributed by atoms with Gasteiger partial charge in [-0.3, -0.25) is 13.9 Å². The van der Waals surface area contributed by atoms with Crippen LogP contribution in [-0.4, -0.2) is 39.4 Å². The summed E-state index contributed by atoms with van der Waals surface area (Å²) in [6.45, 7) is 3.24. The minimum atomic E-state index is -0.386. The van der Waals surface area contributed by atoms with Crippen molar-refractivity contribution < 1.29 is 4.74 Å². The van der Waals surface area contributed by atoms with Gasteiger partial charge in [-0.1, -0.05) is 0 Å². The van der Waals surface area contributed by atoms with Crippen molar-refractivity contribution in [2.24, 2.45) is 7.05 Å². The molecule has 2 aromatic rings. The van der Waals surface area contributed by atoms with Crippen LogP contribution in [-0.2, 0) is 24.9 Å². The molecule has 0 saturated carbocycles. The maximum atomic E-state index is 12.3. The van der Waals surface area contributed by atoms with Gasteiger partial charge in [0.25, 0.3) is 5.56 Å². The Morgan fingerprint density at radius 1 is 1.30 bits per heavy atom. The fraction of sp³-hybridized carbons (Fsp3) is 0.583. The minimum absolute atomic E-state index is 0.338. The van der Waals surface area contributed by atoms with E-state index in [-0.39, 0.29) is 11.2 Å². The molecule has 20 heavy (non-hydrogen) atoms. The topological polar surface area (TPSA) is 83.1 Å². The van der Waals surface area contributed by atoms with Crippen molar-refractivity contribution in [1.29, 1.82) is 0 Å². The second-order valence-corrected chi connectivity index (χ2v) is 4.39. The summed E-state index contributed by atoms with van der Waals surface area (Å²) in [5.74, 6) is 0.566. The lowest BCUT2D eigenvalue weighted by Gasteiger charge is -2.09. The third kappa shape index (κ3) is 2.01. The molecule has 0 amide bonds. The third-order valence-corrected chi connectivity index (χ3v) is 3.29. The number of fused-ring (bicyclic) bond motifs is 1. The van der Waals surface area contributed by atoms with Crippen LogP contribution in [0.2, 0.25) is 0 Å². The normalized spacial score (nSPS) is 11.2. The molecular formula is C12H19N5O3. The van der Waals surface area contributed by atoms with E-state index in [1.807, 2.05) is 6.92 Å². The van der Waals surface area contributed by atoms with Crippen molar-refractivity contribution >= 4 is 17.1 Å². The number of hydrogen-bond acceptors (Lipinski definition) is 5. The number of anilines is 1. The highest BCUT2D eigenvalue weighted by Crippen LogP contribution is 2.15. The molecule has 8 heteroatoms. The van der Waals surface area contributed by atoms with Crippen LogP contribution in [0.25, 0.3) is 11.2 Å². The molecule has 110 valence electrons. The summed E-state index contributed by atoms with van der Waals surface area (Å²) in [6, 6.07) is 0. The molecule has 1 N–H and O–H groups in total. The Kier molecular flexibility index (Phi) is 3.93. The molecule has 2 rings (SSSR count). The van der Waals surface area contributed by atoms with Gasteiger partial charge in [0.1, 0.15) is 0 Å². The summed E-state index contributed by atoms with van der Waals surface area (Å²) in [5.41, 5.74) is 0.0916. The number of nitrogens with one attached hydrogen (secondary N) is 1. The fourth-order valence-electron chi connectivity index (χ4n) is 2.24. The third-order valence-electron chi connectivity index (χ3n) is 3.29. The van der Waals surface area contributed by atoms with Crippen molar-refractivity contribution in [3.8, 4) is 0 Å². The van der Waals surface area contributed by atoms with Crippen LogP contribution < -0.4 is 16.6 Å². The quantitative estimate of drug-likeness (QED) is 0.806. The summed E-state index contributed by atoms with van der Waals surface area (Å²) in [7, 11) is 4.77. The predicted octanol–water partition coefficient (Wildman–Crippen LogP) is -0.395. The van der Waals surface area contributed by atoms with Gasteiger partial charge in [0.2, 0.25) is 5.95 Å². The van der Waals surface area contributed by atoms with Crippen LogP contribution in [0.5, 0.6) is 0 Å². The van der Waals surface area contributed by atoms with Crippen LogP contribution in [0.15, 0.2) is 9.59 Å². The molecule has 0 unspecified atom stereocenters. The van der Waals surface area contributed by atoms with Crippen LogP contribution in [0.3, 0.4) is 0 Å². The Labute approximate surface area is 115 Å². The van der Waals surface area contributed by atoms with E-state index in [9.17, 15) is 9.59 Å². The average molecular weight is 281 g/mol. The van der Waals surface area contributed by atoms with Crippen LogP contribution in [0, 0.1) is 0 Å². The monoisotopic (exact) mass is 281 g/mol. The van der Waals surface area contributed by atoms with E-state index >= 15 is 0 Å². The minimum Gasteiger partial charge on any atom is -0.383 e. The van der Waals surface area contributed by atoms with Crippen molar-refractivity contribution in [1.82, 2.24) is 18.7 Å². The van der Waals surface area contributed by atoms with E-state index < -0.39 is 0 Å². The summed E-state index contributed by atoms with van der Waals surface area (Å²) in [4.78, 5) is 28.9. The Morgan fingerprint density at radius 3 is 2.55 bits per heavy atom. The first-order chi connectivity index (χ1) is 9.56. The second-order valence-electron chi connectivity index (χ2n) is 4.39.